The molecule has 212 valence electrons. The summed E-state index contributed by atoms with van der Waals surface area (Å²) in [4.78, 5) is 47.1. The summed E-state index contributed by atoms with van der Waals surface area (Å²) in [5, 5.41) is 3.99. The number of hydrogen-bond donors (Lipinski definition) is 2. The maximum absolute atomic E-state index is 13.7. The maximum atomic E-state index is 13.7. The van der Waals surface area contributed by atoms with E-state index in [1.807, 2.05) is 52.0 Å². The van der Waals surface area contributed by atoms with Crippen LogP contribution in [0.1, 0.15) is 55.1 Å². The molecule has 0 saturated carbocycles. The number of anilines is 2. The molecule has 1 aromatic heterocycles. The first-order valence-corrected chi connectivity index (χ1v) is 14.1. The summed E-state index contributed by atoms with van der Waals surface area (Å²) in [6, 6.07) is 13.3. The highest BCUT2D eigenvalue weighted by molar-refractivity contribution is 6.09. The van der Waals surface area contributed by atoms with Gasteiger partial charge in [-0.3, -0.25) is 14.5 Å². The van der Waals surface area contributed by atoms with E-state index in [-0.39, 0.29) is 17.6 Å². The van der Waals surface area contributed by atoms with Gasteiger partial charge in [-0.2, -0.15) is 0 Å². The van der Waals surface area contributed by atoms with Crippen molar-refractivity contribution in [2.45, 2.75) is 52.7 Å². The predicted octanol–water partition coefficient (Wildman–Crippen LogP) is 4.74. The van der Waals surface area contributed by atoms with E-state index in [0.29, 0.717) is 30.9 Å². The second-order valence-corrected chi connectivity index (χ2v) is 11.8. The lowest BCUT2D eigenvalue weighted by atomic mass is 10.1. The normalized spacial score (nSPS) is 16.4. The number of pyridine rings is 1. The van der Waals surface area contributed by atoms with E-state index in [1.165, 1.54) is 0 Å². The molecule has 0 aliphatic carbocycles. The third kappa shape index (κ3) is 6.47. The number of nitrogens with one attached hydrogen (secondary N) is 2. The molecular weight excluding hydrogens is 506 g/mol. The van der Waals surface area contributed by atoms with Crippen molar-refractivity contribution in [2.24, 2.45) is 0 Å². The Morgan fingerprint density at radius 1 is 0.950 bits per heavy atom. The van der Waals surface area contributed by atoms with Crippen LogP contribution in [-0.2, 0) is 11.3 Å². The monoisotopic (exact) mass is 545 g/mol. The summed E-state index contributed by atoms with van der Waals surface area (Å²) in [5.74, 6) is -0.153. The Morgan fingerprint density at radius 3 is 2.38 bits per heavy atom. The number of fused-ring (bicyclic) bond motifs is 1. The highest BCUT2D eigenvalue weighted by atomic mass is 16.6. The van der Waals surface area contributed by atoms with Crippen molar-refractivity contribution < 1.29 is 14.3 Å². The van der Waals surface area contributed by atoms with E-state index >= 15 is 0 Å². The second-order valence-electron chi connectivity index (χ2n) is 11.8. The van der Waals surface area contributed by atoms with Crippen molar-refractivity contribution in [3.63, 3.8) is 0 Å². The van der Waals surface area contributed by atoms with Gasteiger partial charge in [0.2, 0.25) is 5.56 Å². The molecule has 40 heavy (non-hydrogen) atoms. The van der Waals surface area contributed by atoms with Crippen LogP contribution in [0.4, 0.5) is 16.2 Å². The second kappa shape index (κ2) is 11.3. The molecule has 0 atom stereocenters. The van der Waals surface area contributed by atoms with Crippen LogP contribution in [0.15, 0.2) is 47.3 Å². The van der Waals surface area contributed by atoms with Gasteiger partial charge in [0, 0.05) is 74.2 Å². The van der Waals surface area contributed by atoms with Crippen molar-refractivity contribution in [3.8, 4) is 0 Å². The number of amides is 2. The zero-order chi connectivity index (χ0) is 28.4. The third-order valence-electron chi connectivity index (χ3n) is 7.49. The highest BCUT2D eigenvalue weighted by Gasteiger charge is 2.26. The smallest absolute Gasteiger partial charge is 0.410 e. The Labute approximate surface area is 235 Å². The average Bonchev–Trinajstić information content (AvgIpc) is 3.43. The van der Waals surface area contributed by atoms with Crippen LogP contribution < -0.4 is 15.8 Å². The van der Waals surface area contributed by atoms with Gasteiger partial charge in [0.05, 0.1) is 5.56 Å². The molecule has 3 aromatic rings. The predicted molar refractivity (Wildman–Crippen MR) is 158 cm³/mol. The van der Waals surface area contributed by atoms with Crippen molar-refractivity contribution in [2.75, 3.05) is 49.5 Å². The summed E-state index contributed by atoms with van der Waals surface area (Å²) in [5.41, 5.74) is 4.32. The van der Waals surface area contributed by atoms with Gasteiger partial charge in [0.25, 0.3) is 5.91 Å². The molecule has 3 heterocycles. The van der Waals surface area contributed by atoms with Crippen LogP contribution in [0, 0.1) is 6.92 Å². The quantitative estimate of drug-likeness (QED) is 0.481. The number of aryl methyl sites for hydroxylation is 1. The summed E-state index contributed by atoms with van der Waals surface area (Å²) in [6.45, 7) is 12.8. The van der Waals surface area contributed by atoms with Crippen molar-refractivity contribution in [1.29, 1.82) is 0 Å². The molecule has 0 bridgehead atoms. The number of benzene rings is 2. The zero-order valence-electron chi connectivity index (χ0n) is 23.9. The zero-order valence-corrected chi connectivity index (χ0v) is 23.9. The first kappa shape index (κ1) is 27.7. The number of carbonyl (C=O) groups is 2. The van der Waals surface area contributed by atoms with E-state index in [2.05, 4.69) is 32.2 Å². The number of carbonyl (C=O) groups excluding carboxylic acids is 2. The molecule has 0 unspecified atom stereocenters. The van der Waals surface area contributed by atoms with Gasteiger partial charge in [0.15, 0.2) is 0 Å². The topological polar surface area (TPSA) is 98.0 Å². The van der Waals surface area contributed by atoms with Gasteiger partial charge < -0.3 is 24.8 Å². The SMILES string of the molecule is Cc1cc(=O)[nH]c2ccc(NC(=O)c3cc(CN4CCN(C(=O)OC(C)(C)C)CC4)ccc3N3CCCC3)cc12. The van der Waals surface area contributed by atoms with E-state index in [9.17, 15) is 14.4 Å². The van der Waals surface area contributed by atoms with Crippen molar-refractivity contribution in [3.05, 3.63) is 69.5 Å². The molecule has 0 radical (unpaired) electrons. The molecule has 2 aromatic carbocycles. The van der Waals surface area contributed by atoms with Gasteiger partial charge in [-0.15, -0.1) is 0 Å². The molecule has 5 rings (SSSR count). The minimum atomic E-state index is -0.507. The molecule has 2 aliphatic rings. The molecular formula is C31H39N5O4. The lowest BCUT2D eigenvalue weighted by Crippen LogP contribution is -2.49. The number of nitrogens with zero attached hydrogens (tertiary/aromatic N) is 3. The Hall–Kier alpha value is -3.85. The standard InChI is InChI=1S/C31H39N5O4/c1-21-17-28(37)33-26-9-8-23(19-24(21)26)32-29(38)25-18-22(7-10-27(25)35-11-5-6-12-35)20-34-13-15-36(16-14-34)30(39)40-31(2,3)4/h7-10,17-19H,5-6,11-16,20H2,1-4H3,(H,32,38)(H,33,37). The van der Waals surface area contributed by atoms with Crippen molar-refractivity contribution >= 4 is 34.3 Å². The number of ether oxygens (including phenoxy) is 1. The van der Waals surface area contributed by atoms with Crippen LogP contribution in [0.3, 0.4) is 0 Å². The van der Waals surface area contributed by atoms with Gasteiger partial charge >= 0.3 is 6.09 Å². The van der Waals surface area contributed by atoms with E-state index in [0.717, 1.165) is 66.7 Å². The largest absolute Gasteiger partial charge is 0.444 e. The van der Waals surface area contributed by atoms with E-state index in [4.69, 9.17) is 4.74 Å². The van der Waals surface area contributed by atoms with Gasteiger partial charge in [0.1, 0.15) is 5.60 Å². The summed E-state index contributed by atoms with van der Waals surface area (Å²) < 4.78 is 5.52. The Morgan fingerprint density at radius 2 is 1.68 bits per heavy atom. The number of aromatic nitrogens is 1. The fraction of sp³-hybridized carbons (Fsp3) is 0.452. The average molecular weight is 546 g/mol. The molecule has 9 nitrogen and oxygen atoms in total. The minimum absolute atomic E-state index is 0.139. The summed E-state index contributed by atoms with van der Waals surface area (Å²) in [7, 11) is 0. The molecule has 0 spiro atoms. The first-order valence-electron chi connectivity index (χ1n) is 14.1. The lowest BCUT2D eigenvalue weighted by molar-refractivity contribution is 0.0139. The van der Waals surface area contributed by atoms with Gasteiger partial charge in [-0.25, -0.2) is 4.79 Å². The molecule has 2 saturated heterocycles. The Kier molecular flexibility index (Phi) is 7.85. The molecule has 2 amide bonds. The lowest BCUT2D eigenvalue weighted by Gasteiger charge is -2.35. The Bertz CT molecular complexity index is 1460. The van der Waals surface area contributed by atoms with Crippen LogP contribution >= 0.6 is 0 Å². The number of aromatic amines is 1. The van der Waals surface area contributed by atoms with Crippen molar-refractivity contribution in [1.82, 2.24) is 14.8 Å². The molecule has 9 heteroatoms. The fourth-order valence-corrected chi connectivity index (χ4v) is 5.47. The highest BCUT2D eigenvalue weighted by Crippen LogP contribution is 2.28. The first-order chi connectivity index (χ1) is 19.1. The molecule has 2 N–H and O–H groups in total. The van der Waals surface area contributed by atoms with E-state index in [1.54, 1.807) is 11.0 Å². The Balaban J connectivity index is 1.32. The number of hydrogen-bond acceptors (Lipinski definition) is 6. The van der Waals surface area contributed by atoms with Gasteiger partial charge in [-0.1, -0.05) is 6.07 Å². The van der Waals surface area contributed by atoms with E-state index < -0.39 is 5.60 Å². The number of piperazine rings is 1. The third-order valence-corrected chi connectivity index (χ3v) is 7.49. The summed E-state index contributed by atoms with van der Waals surface area (Å²) >= 11 is 0. The van der Waals surface area contributed by atoms with Crippen LogP contribution in [0.25, 0.3) is 10.9 Å². The minimum Gasteiger partial charge on any atom is -0.444 e. The van der Waals surface area contributed by atoms with Crippen LogP contribution in [0.2, 0.25) is 0 Å². The van der Waals surface area contributed by atoms with Crippen LogP contribution in [-0.4, -0.2) is 71.7 Å². The molecule has 2 aliphatic heterocycles. The fourth-order valence-electron chi connectivity index (χ4n) is 5.47. The summed E-state index contributed by atoms with van der Waals surface area (Å²) in [6.07, 6.45) is 1.97. The maximum Gasteiger partial charge on any atom is 0.410 e. The molecule has 2 fully saturated rings. The van der Waals surface area contributed by atoms with Gasteiger partial charge in [-0.05, 0) is 82.0 Å². The van der Waals surface area contributed by atoms with Crippen LogP contribution in [0.5, 0.6) is 0 Å². The number of H-pyrrole nitrogens is 1. The number of rotatable bonds is 5.